The number of nitrogens with one attached hydrogen (secondary N) is 1. The molecule has 1 aromatic heterocycles. The van der Waals surface area contributed by atoms with E-state index in [-0.39, 0.29) is 5.75 Å². The Bertz CT molecular complexity index is 962. The molecule has 0 aliphatic heterocycles. The van der Waals surface area contributed by atoms with Gasteiger partial charge < -0.3 is 10.1 Å². The van der Waals surface area contributed by atoms with Crippen LogP contribution in [0.2, 0.25) is 0 Å². The molecule has 4 nitrogen and oxygen atoms in total. The third-order valence-corrected chi connectivity index (χ3v) is 3.86. The van der Waals surface area contributed by atoms with Crippen molar-refractivity contribution in [1.29, 1.82) is 0 Å². The Hall–Kier alpha value is -3.14. The molecule has 4 heteroatoms. The first-order valence-corrected chi connectivity index (χ1v) is 6.86. The number of aromatic amines is 1. The maximum Gasteiger partial charge on any atom is 0.236 e. The summed E-state index contributed by atoms with van der Waals surface area (Å²) in [6.45, 7) is 0. The molecule has 22 heavy (non-hydrogen) atoms. The normalized spacial score (nSPS) is 15.7. The van der Waals surface area contributed by atoms with E-state index in [0.29, 0.717) is 16.8 Å². The van der Waals surface area contributed by atoms with Crippen LogP contribution >= 0.6 is 0 Å². The average molecular weight is 289 g/mol. The van der Waals surface area contributed by atoms with Gasteiger partial charge in [0.1, 0.15) is 5.75 Å². The number of aromatic nitrogens is 1. The van der Waals surface area contributed by atoms with Crippen LogP contribution in [0.3, 0.4) is 0 Å². The quantitative estimate of drug-likeness (QED) is 0.534. The summed E-state index contributed by atoms with van der Waals surface area (Å²) in [7, 11) is 0. The van der Waals surface area contributed by atoms with E-state index in [4.69, 9.17) is 0 Å². The van der Waals surface area contributed by atoms with Crippen molar-refractivity contribution in [3.8, 4) is 5.75 Å². The highest BCUT2D eigenvalue weighted by Crippen LogP contribution is 2.35. The summed E-state index contributed by atoms with van der Waals surface area (Å²) in [5.41, 5.74) is 2.97. The van der Waals surface area contributed by atoms with Crippen LogP contribution in [0, 0.1) is 0 Å². The Kier molecular flexibility index (Phi) is 2.53. The van der Waals surface area contributed by atoms with Crippen molar-refractivity contribution < 1.29 is 14.7 Å². The number of rotatable bonds is 1. The van der Waals surface area contributed by atoms with E-state index in [2.05, 4.69) is 4.98 Å². The number of fused-ring (bicyclic) bond motifs is 3. The molecule has 0 bridgehead atoms. The number of hydrogen-bond acceptors (Lipinski definition) is 3. The molecule has 0 atom stereocenters. The molecule has 106 valence electrons. The zero-order valence-electron chi connectivity index (χ0n) is 11.5. The van der Waals surface area contributed by atoms with Crippen molar-refractivity contribution in [2.24, 2.45) is 0 Å². The molecule has 0 amide bonds. The molecule has 0 radical (unpaired) electrons. The number of phenols is 1. The number of Topliss-reactive ketones (excluding diaryl/α,β-unsaturated/α-hetero) is 2. The number of H-pyrrole nitrogens is 1. The number of ketones is 2. The largest absolute Gasteiger partial charge is 0.508 e. The minimum Gasteiger partial charge on any atom is -0.508 e. The van der Waals surface area contributed by atoms with Crippen molar-refractivity contribution >= 4 is 34.1 Å². The maximum absolute atomic E-state index is 12.3. The van der Waals surface area contributed by atoms with Gasteiger partial charge in [0.15, 0.2) is 0 Å². The molecule has 0 unspecified atom stereocenters. The first-order chi connectivity index (χ1) is 10.6. The topological polar surface area (TPSA) is 70.2 Å². The van der Waals surface area contributed by atoms with Crippen molar-refractivity contribution in [3.63, 3.8) is 0 Å². The lowest BCUT2D eigenvalue weighted by Gasteiger charge is -1.98. The number of carbonyl (C=O) groups excluding carboxylic acids is 2. The smallest absolute Gasteiger partial charge is 0.236 e. The van der Waals surface area contributed by atoms with Gasteiger partial charge in [-0.1, -0.05) is 30.3 Å². The van der Waals surface area contributed by atoms with Gasteiger partial charge in [-0.05, 0) is 29.8 Å². The van der Waals surface area contributed by atoms with Crippen molar-refractivity contribution in [3.05, 3.63) is 65.4 Å². The number of allylic oxidation sites excluding steroid dienone is 1. The number of carbonyl (C=O) groups is 2. The first kappa shape index (κ1) is 12.6. The van der Waals surface area contributed by atoms with Gasteiger partial charge in [-0.15, -0.1) is 0 Å². The molecule has 0 saturated heterocycles. The Morgan fingerprint density at radius 1 is 0.909 bits per heavy atom. The molecule has 0 fully saturated rings. The second kappa shape index (κ2) is 4.43. The molecule has 1 aliphatic rings. The molecule has 2 aromatic carbocycles. The van der Waals surface area contributed by atoms with E-state index < -0.39 is 11.6 Å². The zero-order valence-corrected chi connectivity index (χ0v) is 11.5. The number of benzene rings is 2. The second-order valence-corrected chi connectivity index (χ2v) is 5.23. The van der Waals surface area contributed by atoms with Crippen LogP contribution in [0.5, 0.6) is 5.75 Å². The van der Waals surface area contributed by atoms with E-state index in [1.54, 1.807) is 30.3 Å². The Morgan fingerprint density at radius 2 is 1.64 bits per heavy atom. The first-order valence-electron chi connectivity index (χ1n) is 6.86. The van der Waals surface area contributed by atoms with Crippen LogP contribution in [0.25, 0.3) is 22.6 Å². The van der Waals surface area contributed by atoms with Gasteiger partial charge in [0.2, 0.25) is 11.6 Å². The van der Waals surface area contributed by atoms with E-state index in [1.165, 1.54) is 0 Å². The molecule has 1 heterocycles. The summed E-state index contributed by atoms with van der Waals surface area (Å²) in [5, 5.41) is 10.1. The highest BCUT2D eigenvalue weighted by Gasteiger charge is 2.36. The van der Waals surface area contributed by atoms with Gasteiger partial charge in [0, 0.05) is 10.9 Å². The van der Waals surface area contributed by atoms with Crippen molar-refractivity contribution in [2.75, 3.05) is 0 Å². The highest BCUT2D eigenvalue weighted by molar-refractivity contribution is 6.65. The van der Waals surface area contributed by atoms with Gasteiger partial charge in [-0.3, -0.25) is 9.59 Å². The molecular formula is C18H11NO3. The van der Waals surface area contributed by atoms with E-state index in [0.717, 1.165) is 16.5 Å². The Labute approximate surface area is 125 Å². The fraction of sp³-hybridized carbons (Fsp3) is 0. The van der Waals surface area contributed by atoms with Crippen LogP contribution in [0.1, 0.15) is 21.6 Å². The van der Waals surface area contributed by atoms with E-state index in [1.807, 2.05) is 24.3 Å². The summed E-state index contributed by atoms with van der Waals surface area (Å²) in [6.07, 6.45) is 1.67. The van der Waals surface area contributed by atoms with Crippen LogP contribution in [0.15, 0.2) is 48.5 Å². The van der Waals surface area contributed by atoms with Gasteiger partial charge >= 0.3 is 0 Å². The molecule has 0 saturated carbocycles. The lowest BCUT2D eigenvalue weighted by Crippen LogP contribution is -2.06. The summed E-state index contributed by atoms with van der Waals surface area (Å²) in [4.78, 5) is 27.7. The van der Waals surface area contributed by atoms with Crippen LogP contribution in [0.4, 0.5) is 0 Å². The van der Waals surface area contributed by atoms with E-state index in [9.17, 15) is 14.7 Å². The monoisotopic (exact) mass is 289 g/mol. The van der Waals surface area contributed by atoms with Gasteiger partial charge in [0.05, 0.1) is 16.8 Å². The fourth-order valence-electron chi connectivity index (χ4n) is 2.80. The zero-order chi connectivity index (χ0) is 15.3. The average Bonchev–Trinajstić information content (AvgIpc) is 3.01. The molecule has 4 rings (SSSR count). The predicted octanol–water partition coefficient (Wildman–Crippen LogP) is 3.18. The minimum atomic E-state index is -0.500. The van der Waals surface area contributed by atoms with Crippen molar-refractivity contribution in [1.82, 2.24) is 4.98 Å². The van der Waals surface area contributed by atoms with Crippen LogP contribution < -0.4 is 0 Å². The summed E-state index contributed by atoms with van der Waals surface area (Å²) in [5.74, 6) is -0.820. The number of para-hydroxylation sites is 1. The van der Waals surface area contributed by atoms with Gasteiger partial charge in [-0.2, -0.15) is 0 Å². The SMILES string of the molecule is O=C1C(=O)c2c([nH]c3ccccc23)/C1=C/c1ccc(O)cc1. The highest BCUT2D eigenvalue weighted by atomic mass is 16.3. The lowest BCUT2D eigenvalue weighted by atomic mass is 10.1. The molecule has 1 aliphatic carbocycles. The Morgan fingerprint density at radius 3 is 2.41 bits per heavy atom. The molecule has 3 aromatic rings. The Balaban J connectivity index is 1.94. The van der Waals surface area contributed by atoms with Crippen LogP contribution in [-0.2, 0) is 4.79 Å². The third-order valence-electron chi connectivity index (χ3n) is 3.86. The fourth-order valence-corrected chi connectivity index (χ4v) is 2.80. The van der Waals surface area contributed by atoms with Gasteiger partial charge in [-0.25, -0.2) is 0 Å². The summed E-state index contributed by atoms with van der Waals surface area (Å²) >= 11 is 0. The van der Waals surface area contributed by atoms with E-state index >= 15 is 0 Å². The summed E-state index contributed by atoms with van der Waals surface area (Å²) < 4.78 is 0. The van der Waals surface area contributed by atoms with Crippen LogP contribution in [-0.4, -0.2) is 21.7 Å². The number of hydrogen-bond donors (Lipinski definition) is 2. The molecule has 2 N–H and O–H groups in total. The van der Waals surface area contributed by atoms with Gasteiger partial charge in [0.25, 0.3) is 0 Å². The van der Waals surface area contributed by atoms with Crippen molar-refractivity contribution in [2.45, 2.75) is 0 Å². The maximum atomic E-state index is 12.3. The third kappa shape index (κ3) is 1.71. The second-order valence-electron chi connectivity index (χ2n) is 5.23. The minimum absolute atomic E-state index is 0.155. The molecular weight excluding hydrogens is 278 g/mol. The summed E-state index contributed by atoms with van der Waals surface area (Å²) in [6, 6.07) is 13.9. The standard InChI is InChI=1S/C18H11NO3/c20-11-7-5-10(6-8-11)9-13-16-15(18(22)17(13)21)12-3-1-2-4-14(12)19-16/h1-9,19-20H/b13-9-. The number of phenolic OH excluding ortho intramolecular Hbond substituents is 1. The lowest BCUT2D eigenvalue weighted by molar-refractivity contribution is -0.109. The molecule has 0 spiro atoms. The number of aromatic hydroxyl groups is 1. The predicted molar refractivity (Wildman–Crippen MR) is 83.6 cm³/mol.